The average molecular weight is 443 g/mol. The quantitative estimate of drug-likeness (QED) is 0.216. The minimum atomic E-state index is -0.454. The van der Waals surface area contributed by atoms with Gasteiger partial charge in [0.2, 0.25) is 0 Å². The van der Waals surface area contributed by atoms with Gasteiger partial charge in [0.05, 0.1) is 27.5 Å². The van der Waals surface area contributed by atoms with Gasteiger partial charge in [-0.3, -0.25) is 19.9 Å². The minimum Gasteiger partial charge on any atom is -0.300 e. The number of halogens is 1. The van der Waals surface area contributed by atoms with Crippen LogP contribution in [0.5, 0.6) is 0 Å². The Bertz CT molecular complexity index is 1550. The highest BCUT2D eigenvalue weighted by atomic mass is 35.5. The van der Waals surface area contributed by atoms with Crippen molar-refractivity contribution < 1.29 is 4.92 Å². The average Bonchev–Trinajstić information content (AvgIpc) is 2.82. The molecule has 7 nitrogen and oxygen atoms in total. The lowest BCUT2D eigenvalue weighted by atomic mass is 10.1. The van der Waals surface area contributed by atoms with Crippen molar-refractivity contribution in [3.8, 4) is 11.3 Å². The molecule has 0 amide bonds. The zero-order valence-corrected chi connectivity index (χ0v) is 17.4. The highest BCUT2D eigenvalue weighted by Gasteiger charge is 2.18. The molecule has 0 aliphatic rings. The van der Waals surface area contributed by atoms with E-state index in [1.807, 2.05) is 42.5 Å². The molecule has 2 aromatic heterocycles. The van der Waals surface area contributed by atoms with E-state index in [-0.39, 0.29) is 23.5 Å². The molecule has 5 rings (SSSR count). The molecule has 0 aliphatic carbocycles. The van der Waals surface area contributed by atoms with Gasteiger partial charge in [-0.05, 0) is 17.7 Å². The first kappa shape index (κ1) is 19.8. The molecule has 0 radical (unpaired) electrons. The molecule has 2 heterocycles. The molecule has 0 saturated heterocycles. The van der Waals surface area contributed by atoms with E-state index in [1.165, 1.54) is 12.1 Å². The van der Waals surface area contributed by atoms with Crippen LogP contribution in [0.1, 0.15) is 5.56 Å². The number of nitro groups is 1. The fourth-order valence-corrected chi connectivity index (χ4v) is 4.01. The Hall–Kier alpha value is -4.10. The highest BCUT2D eigenvalue weighted by molar-refractivity contribution is 6.39. The molecular weight excluding hydrogens is 428 g/mol. The van der Waals surface area contributed by atoms with Gasteiger partial charge in [0.1, 0.15) is 11.2 Å². The van der Waals surface area contributed by atoms with E-state index in [0.717, 1.165) is 10.9 Å². The highest BCUT2D eigenvalue weighted by Crippen LogP contribution is 2.31. The van der Waals surface area contributed by atoms with E-state index in [1.54, 1.807) is 29.0 Å². The van der Waals surface area contributed by atoms with Crippen molar-refractivity contribution in [2.24, 2.45) is 0 Å². The van der Waals surface area contributed by atoms with Gasteiger partial charge in [-0.1, -0.05) is 60.1 Å². The van der Waals surface area contributed by atoms with Crippen molar-refractivity contribution in [1.29, 1.82) is 0 Å². The van der Waals surface area contributed by atoms with Gasteiger partial charge in [0.15, 0.2) is 0 Å². The predicted molar refractivity (Wildman–Crippen MR) is 124 cm³/mol. The molecule has 5 aromatic rings. The van der Waals surface area contributed by atoms with Gasteiger partial charge in [-0.25, -0.2) is 4.98 Å². The van der Waals surface area contributed by atoms with Crippen LogP contribution < -0.4 is 5.56 Å². The SMILES string of the molecule is O=c1c(-c2ccccc2)nc2c(Cl)c3ncccc3cc2n1Cc1ccc([N+](=O)[O-])cc1. The number of hydrogen-bond acceptors (Lipinski definition) is 5. The van der Waals surface area contributed by atoms with E-state index in [2.05, 4.69) is 9.97 Å². The molecule has 32 heavy (non-hydrogen) atoms. The summed E-state index contributed by atoms with van der Waals surface area (Å²) in [5.41, 5.74) is 3.05. The van der Waals surface area contributed by atoms with Crippen LogP contribution in [-0.2, 0) is 6.54 Å². The summed E-state index contributed by atoms with van der Waals surface area (Å²) in [6.07, 6.45) is 1.66. The number of pyridine rings is 1. The topological polar surface area (TPSA) is 90.9 Å². The van der Waals surface area contributed by atoms with Gasteiger partial charge in [0.25, 0.3) is 11.2 Å². The smallest absolute Gasteiger partial charge is 0.277 e. The van der Waals surface area contributed by atoms with E-state index in [9.17, 15) is 14.9 Å². The summed E-state index contributed by atoms with van der Waals surface area (Å²) in [5, 5.41) is 12.1. The number of nitro benzene ring substituents is 1. The third-order valence-electron chi connectivity index (χ3n) is 5.29. The molecule has 0 atom stereocenters. The first-order valence-electron chi connectivity index (χ1n) is 9.79. The Kier molecular flexibility index (Phi) is 4.88. The molecular formula is C24H15ClN4O3. The van der Waals surface area contributed by atoms with Crippen LogP contribution in [0.2, 0.25) is 5.02 Å². The van der Waals surface area contributed by atoms with Crippen LogP contribution >= 0.6 is 11.6 Å². The van der Waals surface area contributed by atoms with Crippen LogP contribution in [-0.4, -0.2) is 19.5 Å². The molecule has 0 fully saturated rings. The second-order valence-corrected chi connectivity index (χ2v) is 7.65. The van der Waals surface area contributed by atoms with E-state index in [4.69, 9.17) is 11.6 Å². The van der Waals surface area contributed by atoms with Crippen molar-refractivity contribution in [3.63, 3.8) is 0 Å². The second-order valence-electron chi connectivity index (χ2n) is 7.27. The maximum atomic E-state index is 13.5. The Morgan fingerprint density at radius 3 is 2.44 bits per heavy atom. The van der Waals surface area contributed by atoms with Crippen molar-refractivity contribution in [1.82, 2.24) is 14.5 Å². The molecule has 0 unspecified atom stereocenters. The summed E-state index contributed by atoms with van der Waals surface area (Å²) in [6.45, 7) is 0.206. The van der Waals surface area contributed by atoms with Crippen molar-refractivity contribution in [3.05, 3.63) is 110 Å². The van der Waals surface area contributed by atoms with Gasteiger partial charge in [-0.15, -0.1) is 0 Å². The van der Waals surface area contributed by atoms with Crippen LogP contribution in [0, 0.1) is 10.1 Å². The Morgan fingerprint density at radius 1 is 0.969 bits per heavy atom. The third-order valence-corrected chi connectivity index (χ3v) is 5.64. The summed E-state index contributed by atoms with van der Waals surface area (Å²) in [4.78, 5) is 33.1. The lowest BCUT2D eigenvalue weighted by Gasteiger charge is -2.14. The summed E-state index contributed by atoms with van der Waals surface area (Å²) in [6, 6.07) is 20.8. The summed E-state index contributed by atoms with van der Waals surface area (Å²) < 4.78 is 1.60. The van der Waals surface area contributed by atoms with Crippen molar-refractivity contribution in [2.75, 3.05) is 0 Å². The first-order valence-corrected chi connectivity index (χ1v) is 10.2. The van der Waals surface area contributed by atoms with E-state index in [0.29, 0.717) is 27.1 Å². The maximum absolute atomic E-state index is 13.5. The lowest BCUT2D eigenvalue weighted by Crippen LogP contribution is -2.24. The van der Waals surface area contributed by atoms with Crippen LogP contribution in [0.15, 0.2) is 83.8 Å². The molecule has 3 aromatic carbocycles. The predicted octanol–water partition coefficient (Wildman–Crippen LogP) is 5.22. The Balaban J connectivity index is 1.79. The zero-order valence-electron chi connectivity index (χ0n) is 16.6. The normalized spacial score (nSPS) is 11.2. The Morgan fingerprint density at radius 2 is 1.72 bits per heavy atom. The molecule has 0 bridgehead atoms. The molecule has 0 aliphatic heterocycles. The lowest BCUT2D eigenvalue weighted by molar-refractivity contribution is -0.384. The van der Waals surface area contributed by atoms with E-state index >= 15 is 0 Å². The molecule has 8 heteroatoms. The second kappa shape index (κ2) is 7.86. The number of aromatic nitrogens is 3. The largest absolute Gasteiger partial charge is 0.300 e. The number of benzene rings is 3. The van der Waals surface area contributed by atoms with E-state index < -0.39 is 4.92 Å². The Labute approximate surface area is 186 Å². The minimum absolute atomic E-state index is 0.00855. The van der Waals surface area contributed by atoms with Crippen LogP contribution in [0.3, 0.4) is 0 Å². The van der Waals surface area contributed by atoms with Gasteiger partial charge in [0, 0.05) is 29.3 Å². The number of non-ortho nitro benzene ring substituents is 1. The molecule has 0 spiro atoms. The maximum Gasteiger partial charge on any atom is 0.277 e. The number of rotatable bonds is 4. The third kappa shape index (κ3) is 3.38. The van der Waals surface area contributed by atoms with Crippen molar-refractivity contribution in [2.45, 2.75) is 6.54 Å². The van der Waals surface area contributed by atoms with Gasteiger partial charge >= 0.3 is 0 Å². The monoisotopic (exact) mass is 442 g/mol. The van der Waals surface area contributed by atoms with Gasteiger partial charge in [-0.2, -0.15) is 0 Å². The zero-order chi connectivity index (χ0) is 22.2. The molecule has 0 N–H and O–H groups in total. The van der Waals surface area contributed by atoms with Crippen LogP contribution in [0.25, 0.3) is 33.2 Å². The standard InChI is InChI=1S/C24H15ClN4O3/c25-20-21-17(7-4-12-26-21)13-19-23(20)27-22(16-5-2-1-3-6-16)24(30)28(19)14-15-8-10-18(11-9-15)29(31)32/h1-13H,14H2. The fourth-order valence-electron chi connectivity index (χ4n) is 3.71. The first-order chi connectivity index (χ1) is 15.5. The summed E-state index contributed by atoms with van der Waals surface area (Å²) in [7, 11) is 0. The summed E-state index contributed by atoms with van der Waals surface area (Å²) >= 11 is 6.70. The number of fused-ring (bicyclic) bond motifs is 2. The van der Waals surface area contributed by atoms with Gasteiger partial charge < -0.3 is 4.57 Å². The number of hydrogen-bond donors (Lipinski definition) is 0. The van der Waals surface area contributed by atoms with Crippen LogP contribution in [0.4, 0.5) is 5.69 Å². The summed E-state index contributed by atoms with van der Waals surface area (Å²) in [5.74, 6) is 0. The fraction of sp³-hybridized carbons (Fsp3) is 0.0417. The van der Waals surface area contributed by atoms with Crippen molar-refractivity contribution >= 4 is 39.2 Å². The number of nitrogens with zero attached hydrogens (tertiary/aromatic N) is 4. The molecule has 0 saturated carbocycles. The molecule has 156 valence electrons.